The summed E-state index contributed by atoms with van der Waals surface area (Å²) in [6, 6.07) is 3.18. The van der Waals surface area contributed by atoms with Gasteiger partial charge in [-0.15, -0.1) is 0 Å². The molecule has 0 saturated heterocycles. The first-order valence-corrected chi connectivity index (χ1v) is 7.59. The lowest BCUT2D eigenvalue weighted by Gasteiger charge is -2.09. The molecule has 2 rings (SSSR count). The van der Waals surface area contributed by atoms with Crippen LogP contribution in [0.2, 0.25) is 0 Å². The van der Waals surface area contributed by atoms with Gasteiger partial charge in [0.25, 0.3) is 5.56 Å². The van der Waals surface area contributed by atoms with Crippen LogP contribution in [0.5, 0.6) is 0 Å². The van der Waals surface area contributed by atoms with Gasteiger partial charge in [-0.05, 0) is 18.6 Å². The number of hydrogen-bond donors (Lipinski definition) is 4. The highest BCUT2D eigenvalue weighted by atomic mass is 32.2. The molecular formula is C11H15N5O3S. The molecule has 1 aromatic carbocycles. The molecule has 0 bridgehead atoms. The van der Waals surface area contributed by atoms with Gasteiger partial charge in [-0.1, -0.05) is 0 Å². The molecule has 9 heteroatoms. The summed E-state index contributed by atoms with van der Waals surface area (Å²) in [6.07, 6.45) is 1.67. The summed E-state index contributed by atoms with van der Waals surface area (Å²) in [7, 11) is -3.46. The van der Waals surface area contributed by atoms with Crippen molar-refractivity contribution in [2.75, 3.05) is 23.3 Å². The van der Waals surface area contributed by atoms with Gasteiger partial charge < -0.3 is 16.0 Å². The smallest absolute Gasteiger partial charge is 0.258 e. The van der Waals surface area contributed by atoms with Crippen LogP contribution in [-0.4, -0.2) is 30.7 Å². The van der Waals surface area contributed by atoms with E-state index in [1.54, 1.807) is 6.07 Å². The SMILES string of the molecule is Nc1cc2c(=O)[nH]cnc2cc1NCCCS(N)(=O)=O. The van der Waals surface area contributed by atoms with E-state index >= 15 is 0 Å². The standard InChI is InChI=1S/C11H15N5O3S/c12-8-4-7-9(15-6-16-11(7)17)5-10(8)14-2-1-3-20(13,18)19/h4-6,14H,1-3,12H2,(H2,13,18,19)(H,15,16,17). The Morgan fingerprint density at radius 2 is 2.10 bits per heavy atom. The van der Waals surface area contributed by atoms with E-state index in [1.165, 1.54) is 12.4 Å². The third kappa shape index (κ3) is 3.45. The summed E-state index contributed by atoms with van der Waals surface area (Å²) >= 11 is 0. The minimum absolute atomic E-state index is 0.106. The van der Waals surface area contributed by atoms with E-state index in [0.29, 0.717) is 35.2 Å². The minimum atomic E-state index is -3.46. The number of aromatic amines is 1. The third-order valence-electron chi connectivity index (χ3n) is 2.73. The van der Waals surface area contributed by atoms with Crippen molar-refractivity contribution in [3.63, 3.8) is 0 Å². The lowest BCUT2D eigenvalue weighted by atomic mass is 10.2. The predicted molar refractivity (Wildman–Crippen MR) is 77.9 cm³/mol. The average molecular weight is 297 g/mol. The van der Waals surface area contributed by atoms with Crippen LogP contribution in [0.15, 0.2) is 23.3 Å². The quantitative estimate of drug-likeness (QED) is 0.436. The molecule has 6 N–H and O–H groups in total. The monoisotopic (exact) mass is 297 g/mol. The second-order valence-corrected chi connectivity index (χ2v) is 6.07. The van der Waals surface area contributed by atoms with Crippen LogP contribution in [0.4, 0.5) is 11.4 Å². The van der Waals surface area contributed by atoms with Crippen LogP contribution in [-0.2, 0) is 10.0 Å². The Kier molecular flexibility index (Phi) is 3.91. The molecule has 0 atom stereocenters. The first-order chi connectivity index (χ1) is 9.37. The highest BCUT2D eigenvalue weighted by molar-refractivity contribution is 7.89. The molecule has 8 nitrogen and oxygen atoms in total. The second-order valence-electron chi connectivity index (χ2n) is 4.34. The second kappa shape index (κ2) is 5.47. The van der Waals surface area contributed by atoms with Gasteiger partial charge in [-0.3, -0.25) is 4.79 Å². The van der Waals surface area contributed by atoms with Crippen LogP contribution < -0.4 is 21.7 Å². The molecule has 0 saturated carbocycles. The molecule has 0 aliphatic heterocycles. The summed E-state index contributed by atoms with van der Waals surface area (Å²) in [5.74, 6) is -0.106. The molecule has 0 amide bonds. The van der Waals surface area contributed by atoms with Gasteiger partial charge in [0, 0.05) is 6.54 Å². The van der Waals surface area contributed by atoms with E-state index in [9.17, 15) is 13.2 Å². The van der Waals surface area contributed by atoms with Crippen LogP contribution in [0.1, 0.15) is 6.42 Å². The number of nitrogens with two attached hydrogens (primary N) is 2. The molecule has 0 aliphatic rings. The van der Waals surface area contributed by atoms with Crippen LogP contribution in [0.25, 0.3) is 10.9 Å². The zero-order chi connectivity index (χ0) is 14.8. The fourth-order valence-corrected chi connectivity index (χ4v) is 2.33. The number of anilines is 2. The third-order valence-corrected chi connectivity index (χ3v) is 3.59. The number of H-pyrrole nitrogens is 1. The normalized spacial score (nSPS) is 11.7. The van der Waals surface area contributed by atoms with E-state index in [4.69, 9.17) is 10.9 Å². The Balaban J connectivity index is 2.15. The summed E-state index contributed by atoms with van der Waals surface area (Å²) in [5, 5.41) is 8.31. The molecule has 0 spiro atoms. The molecule has 0 fully saturated rings. The van der Waals surface area contributed by atoms with Crippen molar-refractivity contribution in [3.8, 4) is 0 Å². The molecule has 2 aromatic rings. The van der Waals surface area contributed by atoms with Crippen molar-refractivity contribution in [2.45, 2.75) is 6.42 Å². The maximum absolute atomic E-state index is 11.6. The molecule has 1 aromatic heterocycles. The Hall–Kier alpha value is -2.13. The number of nitrogens with one attached hydrogen (secondary N) is 2. The number of rotatable bonds is 5. The number of fused-ring (bicyclic) bond motifs is 1. The Morgan fingerprint density at radius 3 is 2.80 bits per heavy atom. The zero-order valence-electron chi connectivity index (χ0n) is 10.6. The lowest BCUT2D eigenvalue weighted by Crippen LogP contribution is -2.19. The topological polar surface area (TPSA) is 144 Å². The van der Waals surface area contributed by atoms with E-state index in [0.717, 1.165) is 0 Å². The van der Waals surface area contributed by atoms with Gasteiger partial charge >= 0.3 is 0 Å². The summed E-state index contributed by atoms with van der Waals surface area (Å²) < 4.78 is 21.6. The summed E-state index contributed by atoms with van der Waals surface area (Å²) in [4.78, 5) is 18.1. The minimum Gasteiger partial charge on any atom is -0.397 e. The number of primary sulfonamides is 1. The molecule has 20 heavy (non-hydrogen) atoms. The number of nitrogen functional groups attached to an aromatic ring is 1. The lowest BCUT2D eigenvalue weighted by molar-refractivity contribution is 0.596. The first kappa shape index (κ1) is 14.3. The average Bonchev–Trinajstić information content (AvgIpc) is 2.35. The van der Waals surface area contributed by atoms with Crippen molar-refractivity contribution in [3.05, 3.63) is 28.8 Å². The van der Waals surface area contributed by atoms with E-state index < -0.39 is 10.0 Å². The molecule has 0 aliphatic carbocycles. The maximum Gasteiger partial charge on any atom is 0.258 e. The van der Waals surface area contributed by atoms with Crippen molar-refractivity contribution in [2.24, 2.45) is 5.14 Å². The Bertz CT molecular complexity index is 784. The van der Waals surface area contributed by atoms with Crippen molar-refractivity contribution < 1.29 is 8.42 Å². The number of nitrogens with zero attached hydrogens (tertiary/aromatic N) is 1. The van der Waals surface area contributed by atoms with Gasteiger partial charge in [-0.2, -0.15) is 0 Å². The van der Waals surface area contributed by atoms with E-state index in [-0.39, 0.29) is 11.3 Å². The number of hydrogen-bond acceptors (Lipinski definition) is 6. The van der Waals surface area contributed by atoms with E-state index in [1.807, 2.05) is 0 Å². The molecule has 0 unspecified atom stereocenters. The van der Waals surface area contributed by atoms with Crippen molar-refractivity contribution in [1.82, 2.24) is 9.97 Å². The van der Waals surface area contributed by atoms with Crippen molar-refractivity contribution >= 4 is 32.3 Å². The predicted octanol–water partition coefficient (Wildman–Crippen LogP) is -0.404. The fourth-order valence-electron chi connectivity index (χ4n) is 1.78. The first-order valence-electron chi connectivity index (χ1n) is 5.88. The number of aromatic nitrogens is 2. The maximum atomic E-state index is 11.6. The zero-order valence-corrected chi connectivity index (χ0v) is 11.4. The molecule has 1 heterocycles. The van der Waals surface area contributed by atoms with Gasteiger partial charge in [0.2, 0.25) is 10.0 Å². The number of benzene rings is 1. The van der Waals surface area contributed by atoms with E-state index in [2.05, 4.69) is 15.3 Å². The fraction of sp³-hybridized carbons (Fsp3) is 0.273. The molecular weight excluding hydrogens is 282 g/mol. The van der Waals surface area contributed by atoms with Crippen LogP contribution in [0, 0.1) is 0 Å². The summed E-state index contributed by atoms with van der Waals surface area (Å²) in [6.45, 7) is 0.398. The van der Waals surface area contributed by atoms with Gasteiger partial charge in [0.05, 0.1) is 34.4 Å². The van der Waals surface area contributed by atoms with Gasteiger partial charge in [0.1, 0.15) is 0 Å². The number of sulfonamides is 1. The highest BCUT2D eigenvalue weighted by Crippen LogP contribution is 2.22. The Morgan fingerprint density at radius 1 is 1.35 bits per heavy atom. The molecule has 108 valence electrons. The molecule has 0 radical (unpaired) electrons. The van der Waals surface area contributed by atoms with Crippen LogP contribution >= 0.6 is 0 Å². The summed E-state index contributed by atoms with van der Waals surface area (Å²) in [5.41, 5.74) is 7.08. The Labute approximate surface area is 115 Å². The van der Waals surface area contributed by atoms with Crippen molar-refractivity contribution in [1.29, 1.82) is 0 Å². The highest BCUT2D eigenvalue weighted by Gasteiger charge is 2.06. The van der Waals surface area contributed by atoms with Crippen LogP contribution in [0.3, 0.4) is 0 Å². The largest absolute Gasteiger partial charge is 0.397 e. The van der Waals surface area contributed by atoms with Gasteiger partial charge in [0.15, 0.2) is 0 Å². The van der Waals surface area contributed by atoms with Gasteiger partial charge in [-0.25, -0.2) is 18.5 Å².